The van der Waals surface area contributed by atoms with Crippen LogP contribution in [0.25, 0.3) is 10.9 Å². The summed E-state index contributed by atoms with van der Waals surface area (Å²) in [6, 6.07) is 7.96. The number of amides is 1. The molecule has 5 nitrogen and oxygen atoms in total. The van der Waals surface area contributed by atoms with E-state index in [1.54, 1.807) is 0 Å². The quantitative estimate of drug-likeness (QED) is 0.511. The maximum absolute atomic E-state index is 10.4. The molecule has 0 fully saturated rings. The molecule has 0 unspecified atom stereocenters. The van der Waals surface area contributed by atoms with E-state index < -0.39 is 5.91 Å². The largest absolute Gasteiger partial charge is 0.368 e. The third-order valence-electron chi connectivity index (χ3n) is 2.26. The molecule has 0 spiro atoms. The number of fused-ring (bicyclic) bond motifs is 1. The van der Waals surface area contributed by atoms with Gasteiger partial charge in [0.05, 0.1) is 0 Å². The van der Waals surface area contributed by atoms with E-state index in [2.05, 4.69) is 10.5 Å². The molecule has 1 aromatic heterocycles. The molecule has 0 aliphatic rings. The van der Waals surface area contributed by atoms with E-state index in [1.165, 1.54) is 0 Å². The van der Waals surface area contributed by atoms with Crippen LogP contribution >= 0.6 is 0 Å². The van der Waals surface area contributed by atoms with Gasteiger partial charge in [-0.2, -0.15) is 5.48 Å². The van der Waals surface area contributed by atoms with Crippen LogP contribution in [0.15, 0.2) is 30.5 Å². The number of H-pyrrole nitrogens is 1. The summed E-state index contributed by atoms with van der Waals surface area (Å²) in [6.07, 6.45) is 1.89. The summed E-state index contributed by atoms with van der Waals surface area (Å²) in [4.78, 5) is 18.4. The Labute approximate surface area is 92.5 Å². The Morgan fingerprint density at radius 3 is 3.12 bits per heavy atom. The van der Waals surface area contributed by atoms with Crippen molar-refractivity contribution in [2.75, 3.05) is 6.61 Å². The van der Waals surface area contributed by atoms with Gasteiger partial charge in [0.2, 0.25) is 5.91 Å². The summed E-state index contributed by atoms with van der Waals surface area (Å²) in [5, 5.41) is 1.14. The molecular formula is C11H13N3O2. The molecule has 5 heteroatoms. The van der Waals surface area contributed by atoms with Gasteiger partial charge in [0.25, 0.3) is 0 Å². The van der Waals surface area contributed by atoms with Gasteiger partial charge in [-0.3, -0.25) is 9.63 Å². The number of rotatable bonds is 5. The van der Waals surface area contributed by atoms with Gasteiger partial charge < -0.3 is 10.7 Å². The average Bonchev–Trinajstić information content (AvgIpc) is 2.72. The predicted molar refractivity (Wildman–Crippen MR) is 60.3 cm³/mol. The lowest BCUT2D eigenvalue weighted by molar-refractivity contribution is -0.125. The van der Waals surface area contributed by atoms with Crippen LogP contribution < -0.4 is 11.2 Å². The van der Waals surface area contributed by atoms with E-state index in [-0.39, 0.29) is 6.61 Å². The fraction of sp³-hybridized carbons (Fsp3) is 0.182. The molecule has 2 aromatic rings. The van der Waals surface area contributed by atoms with Gasteiger partial charge in [-0.25, -0.2) is 0 Å². The molecule has 0 radical (unpaired) electrons. The number of aromatic nitrogens is 1. The lowest BCUT2D eigenvalue weighted by Crippen LogP contribution is -2.24. The fourth-order valence-electron chi connectivity index (χ4n) is 1.56. The molecule has 84 valence electrons. The Hall–Kier alpha value is -1.85. The monoisotopic (exact) mass is 219 g/mol. The fourth-order valence-corrected chi connectivity index (χ4v) is 1.56. The van der Waals surface area contributed by atoms with Crippen molar-refractivity contribution < 1.29 is 9.63 Å². The molecule has 0 saturated heterocycles. The second-order valence-electron chi connectivity index (χ2n) is 3.43. The number of nitrogens with two attached hydrogens (primary N) is 1. The number of hydrogen-bond donors (Lipinski definition) is 3. The Morgan fingerprint density at radius 1 is 1.44 bits per heavy atom. The Balaban J connectivity index is 1.98. The number of carbonyl (C=O) groups is 1. The van der Waals surface area contributed by atoms with E-state index in [1.807, 2.05) is 30.5 Å². The third-order valence-corrected chi connectivity index (χ3v) is 2.26. The lowest BCUT2D eigenvalue weighted by atomic mass is 10.1. The van der Waals surface area contributed by atoms with Crippen molar-refractivity contribution in [2.24, 2.45) is 5.73 Å². The van der Waals surface area contributed by atoms with Crippen LogP contribution in [0.3, 0.4) is 0 Å². The molecular weight excluding hydrogens is 206 g/mol. The van der Waals surface area contributed by atoms with Crippen molar-refractivity contribution in [3.63, 3.8) is 0 Å². The van der Waals surface area contributed by atoms with E-state index in [9.17, 15) is 4.79 Å². The summed E-state index contributed by atoms with van der Waals surface area (Å²) >= 11 is 0. The summed E-state index contributed by atoms with van der Waals surface area (Å²) in [7, 11) is 0. The normalized spacial score (nSPS) is 10.8. The van der Waals surface area contributed by atoms with Gasteiger partial charge in [-0.15, -0.1) is 0 Å². The van der Waals surface area contributed by atoms with Crippen LogP contribution in [0.2, 0.25) is 0 Å². The van der Waals surface area contributed by atoms with Gasteiger partial charge in [0.15, 0.2) is 0 Å². The minimum atomic E-state index is -0.493. The zero-order valence-electron chi connectivity index (χ0n) is 8.69. The minimum Gasteiger partial charge on any atom is -0.368 e. The van der Waals surface area contributed by atoms with E-state index in [0.717, 1.165) is 16.5 Å². The Kier molecular flexibility index (Phi) is 3.19. The zero-order valence-corrected chi connectivity index (χ0v) is 8.69. The van der Waals surface area contributed by atoms with Gasteiger partial charge >= 0.3 is 0 Å². The number of nitrogens with one attached hydrogen (secondary N) is 2. The number of hydrogen-bond acceptors (Lipinski definition) is 3. The highest BCUT2D eigenvalue weighted by atomic mass is 16.6. The number of aromatic amines is 1. The number of primary amides is 1. The maximum Gasteiger partial charge on any atom is 0.245 e. The molecule has 1 aromatic carbocycles. The van der Waals surface area contributed by atoms with Crippen LogP contribution in [-0.2, 0) is 16.2 Å². The van der Waals surface area contributed by atoms with Crippen LogP contribution in [-0.4, -0.2) is 17.5 Å². The van der Waals surface area contributed by atoms with Crippen molar-refractivity contribution >= 4 is 16.8 Å². The molecule has 0 atom stereocenters. The highest BCUT2D eigenvalue weighted by Gasteiger charge is 2.01. The summed E-state index contributed by atoms with van der Waals surface area (Å²) in [6.45, 7) is 0.408. The molecule has 0 aliphatic carbocycles. The van der Waals surface area contributed by atoms with E-state index in [4.69, 9.17) is 10.6 Å². The van der Waals surface area contributed by atoms with Crippen molar-refractivity contribution in [3.05, 3.63) is 36.0 Å². The van der Waals surface area contributed by atoms with Crippen LogP contribution in [0, 0.1) is 0 Å². The highest BCUT2D eigenvalue weighted by Crippen LogP contribution is 2.16. The molecule has 0 saturated carbocycles. The second-order valence-corrected chi connectivity index (χ2v) is 3.43. The van der Waals surface area contributed by atoms with E-state index >= 15 is 0 Å². The Morgan fingerprint density at radius 2 is 2.31 bits per heavy atom. The molecule has 1 heterocycles. The van der Waals surface area contributed by atoms with Crippen LogP contribution in [0.4, 0.5) is 0 Å². The first-order valence-corrected chi connectivity index (χ1v) is 4.95. The Bertz CT molecular complexity index is 493. The smallest absolute Gasteiger partial charge is 0.245 e. The lowest BCUT2D eigenvalue weighted by Gasteiger charge is -2.05. The molecule has 2 rings (SSSR count). The van der Waals surface area contributed by atoms with Crippen molar-refractivity contribution in [3.8, 4) is 0 Å². The minimum absolute atomic E-state index is 0.122. The first-order valence-electron chi connectivity index (χ1n) is 4.95. The van der Waals surface area contributed by atoms with Gasteiger partial charge in [-0.05, 0) is 17.7 Å². The number of hydroxylamine groups is 1. The van der Waals surface area contributed by atoms with Gasteiger partial charge in [-0.1, -0.05) is 12.1 Å². The topological polar surface area (TPSA) is 80.1 Å². The standard InChI is InChI=1S/C11H13N3O2/c12-11(15)7-16-14-6-8-2-1-3-10-9(8)4-5-13-10/h1-5,13-14H,6-7H2,(H2,12,15). The molecule has 1 amide bonds. The maximum atomic E-state index is 10.4. The first kappa shape index (κ1) is 10.7. The summed E-state index contributed by atoms with van der Waals surface area (Å²) in [5.41, 5.74) is 9.82. The van der Waals surface area contributed by atoms with Gasteiger partial charge in [0, 0.05) is 23.6 Å². The molecule has 0 bridgehead atoms. The SMILES string of the molecule is NC(=O)CONCc1cccc2[nH]ccc12. The number of benzene rings is 1. The predicted octanol–water partition coefficient (Wildman–Crippen LogP) is 0.674. The summed E-state index contributed by atoms with van der Waals surface area (Å²) in [5.74, 6) is -0.493. The molecule has 4 N–H and O–H groups in total. The first-order chi connectivity index (χ1) is 7.77. The van der Waals surface area contributed by atoms with Crippen molar-refractivity contribution in [1.82, 2.24) is 10.5 Å². The average molecular weight is 219 g/mol. The van der Waals surface area contributed by atoms with Crippen LogP contribution in [0.1, 0.15) is 5.56 Å². The number of carbonyl (C=O) groups excluding carboxylic acids is 1. The highest BCUT2D eigenvalue weighted by molar-refractivity contribution is 5.82. The van der Waals surface area contributed by atoms with Gasteiger partial charge in [0.1, 0.15) is 6.61 Å². The second kappa shape index (κ2) is 4.78. The molecule has 0 aliphatic heterocycles. The zero-order chi connectivity index (χ0) is 11.4. The van der Waals surface area contributed by atoms with E-state index in [0.29, 0.717) is 6.54 Å². The van der Waals surface area contributed by atoms with Crippen molar-refractivity contribution in [1.29, 1.82) is 0 Å². The van der Waals surface area contributed by atoms with Crippen molar-refractivity contribution in [2.45, 2.75) is 6.54 Å². The van der Waals surface area contributed by atoms with Crippen LogP contribution in [0.5, 0.6) is 0 Å². The third kappa shape index (κ3) is 2.39. The molecule has 16 heavy (non-hydrogen) atoms. The summed E-state index contributed by atoms with van der Waals surface area (Å²) < 4.78 is 0.